The maximum Gasteiger partial charge on any atom is 0.255 e. The van der Waals surface area contributed by atoms with Crippen LogP contribution < -0.4 is 16.4 Å². The van der Waals surface area contributed by atoms with Crippen molar-refractivity contribution in [2.75, 3.05) is 6.61 Å². The zero-order chi connectivity index (χ0) is 19.5. The number of nitrogens with two attached hydrogens (primary N) is 1. The second-order valence-corrected chi connectivity index (χ2v) is 8.41. The van der Waals surface area contributed by atoms with Crippen LogP contribution in [-0.2, 0) is 27.4 Å². The van der Waals surface area contributed by atoms with E-state index in [1.165, 1.54) is 0 Å². The van der Waals surface area contributed by atoms with Gasteiger partial charge in [0.15, 0.2) is 0 Å². The molecule has 4 aliphatic rings. The van der Waals surface area contributed by atoms with Gasteiger partial charge in [0, 0.05) is 36.7 Å². The number of carbonyl (C=O) groups is 3. The Bertz CT molecular complexity index is 868. The summed E-state index contributed by atoms with van der Waals surface area (Å²) in [7, 11) is 0. The molecule has 1 unspecified atom stereocenters. The van der Waals surface area contributed by atoms with Gasteiger partial charge in [0.25, 0.3) is 5.91 Å². The Kier molecular flexibility index (Phi) is 4.04. The van der Waals surface area contributed by atoms with E-state index in [4.69, 9.17) is 10.5 Å². The molecule has 0 spiro atoms. The molecule has 1 aliphatic carbocycles. The van der Waals surface area contributed by atoms with E-state index in [1.807, 2.05) is 18.2 Å². The third kappa shape index (κ3) is 2.75. The van der Waals surface area contributed by atoms with Crippen molar-refractivity contribution in [2.45, 2.75) is 62.5 Å². The van der Waals surface area contributed by atoms with Crippen LogP contribution in [0.1, 0.15) is 47.2 Å². The summed E-state index contributed by atoms with van der Waals surface area (Å²) in [5.74, 6) is -0.797. The minimum absolute atomic E-state index is 0.0624. The number of nitrogens with zero attached hydrogens (tertiary/aromatic N) is 1. The molecule has 0 radical (unpaired) electrons. The van der Waals surface area contributed by atoms with Gasteiger partial charge in [-0.05, 0) is 30.4 Å². The molecule has 8 nitrogen and oxygen atoms in total. The highest BCUT2D eigenvalue weighted by molar-refractivity contribution is 6.05. The number of nitrogens with one attached hydrogen (secondary N) is 2. The lowest BCUT2D eigenvalue weighted by atomic mass is 9.97. The summed E-state index contributed by atoms with van der Waals surface area (Å²) in [6.07, 6.45) is 2.54. The Hall–Kier alpha value is -2.29. The molecule has 4 N–H and O–H groups in total. The molecule has 3 amide bonds. The van der Waals surface area contributed by atoms with Crippen molar-refractivity contribution >= 4 is 17.7 Å². The normalized spacial score (nSPS) is 34.1. The van der Waals surface area contributed by atoms with E-state index in [0.717, 1.165) is 24.0 Å². The number of ether oxygens (including phenoxy) is 1. The minimum atomic E-state index is -0.589. The van der Waals surface area contributed by atoms with Gasteiger partial charge in [-0.3, -0.25) is 19.7 Å². The maximum absolute atomic E-state index is 13.1. The first-order valence-corrected chi connectivity index (χ1v) is 9.83. The molecule has 2 saturated heterocycles. The first-order chi connectivity index (χ1) is 13.5. The molecule has 1 saturated carbocycles. The molecule has 4 atom stereocenters. The number of carbonyl (C=O) groups excluding carboxylic acids is 3. The van der Waals surface area contributed by atoms with Crippen LogP contribution in [0.5, 0.6) is 0 Å². The fraction of sp³-hybridized carbons (Fsp3) is 0.550. The summed E-state index contributed by atoms with van der Waals surface area (Å²) < 4.78 is 5.75. The van der Waals surface area contributed by atoms with E-state index in [1.54, 1.807) is 4.90 Å². The van der Waals surface area contributed by atoms with Gasteiger partial charge in [-0.1, -0.05) is 18.2 Å². The van der Waals surface area contributed by atoms with Gasteiger partial charge in [0.05, 0.1) is 12.7 Å². The molecule has 3 fully saturated rings. The average Bonchev–Trinajstić information content (AvgIpc) is 3.32. The number of hydrogen-bond acceptors (Lipinski definition) is 6. The summed E-state index contributed by atoms with van der Waals surface area (Å²) in [6, 6.07) is 5.31. The number of rotatable bonds is 4. The number of hydrogen-bond donors (Lipinski definition) is 3. The van der Waals surface area contributed by atoms with Crippen LogP contribution >= 0.6 is 0 Å². The SMILES string of the molecule is N[C@@H]1C[C@@]2(NCc3cccc4c3C(=O)N(C3CCC(=O)NC3=O)C4)CO[C@@H]1C2. The van der Waals surface area contributed by atoms with Gasteiger partial charge < -0.3 is 20.7 Å². The van der Waals surface area contributed by atoms with Crippen LogP contribution in [0, 0.1) is 0 Å². The van der Waals surface area contributed by atoms with Crippen molar-refractivity contribution in [1.82, 2.24) is 15.5 Å². The largest absolute Gasteiger partial charge is 0.375 e. The van der Waals surface area contributed by atoms with Crippen LogP contribution in [0.25, 0.3) is 0 Å². The van der Waals surface area contributed by atoms with Crippen LogP contribution in [-0.4, -0.2) is 53.0 Å². The van der Waals surface area contributed by atoms with Gasteiger partial charge in [-0.15, -0.1) is 0 Å². The molecular formula is C20H24N4O4. The molecule has 5 rings (SSSR count). The van der Waals surface area contributed by atoms with E-state index in [9.17, 15) is 14.4 Å². The quantitative estimate of drug-likeness (QED) is 0.620. The highest BCUT2D eigenvalue weighted by Gasteiger charge is 2.50. The minimum Gasteiger partial charge on any atom is -0.375 e. The molecule has 2 bridgehead atoms. The molecule has 28 heavy (non-hydrogen) atoms. The molecular weight excluding hydrogens is 360 g/mol. The first kappa shape index (κ1) is 17.8. The maximum atomic E-state index is 13.1. The van der Waals surface area contributed by atoms with Gasteiger partial charge in [-0.2, -0.15) is 0 Å². The number of piperidine rings is 1. The van der Waals surface area contributed by atoms with E-state index in [2.05, 4.69) is 10.6 Å². The monoisotopic (exact) mass is 384 g/mol. The molecule has 8 heteroatoms. The molecule has 1 aromatic rings. The summed E-state index contributed by atoms with van der Waals surface area (Å²) in [5, 5.41) is 5.93. The van der Waals surface area contributed by atoms with Gasteiger partial charge in [0.2, 0.25) is 11.8 Å². The Morgan fingerprint density at radius 1 is 1.29 bits per heavy atom. The third-order valence-electron chi connectivity index (χ3n) is 6.56. The highest BCUT2D eigenvalue weighted by atomic mass is 16.5. The van der Waals surface area contributed by atoms with Crippen molar-refractivity contribution in [3.05, 3.63) is 34.9 Å². The highest BCUT2D eigenvalue weighted by Crippen LogP contribution is 2.39. The smallest absolute Gasteiger partial charge is 0.255 e. The van der Waals surface area contributed by atoms with Crippen LogP contribution in [0.4, 0.5) is 0 Å². The first-order valence-electron chi connectivity index (χ1n) is 9.83. The Labute approximate surface area is 162 Å². The molecule has 3 aliphatic heterocycles. The van der Waals surface area contributed by atoms with E-state index < -0.39 is 6.04 Å². The van der Waals surface area contributed by atoms with Crippen molar-refractivity contribution in [3.8, 4) is 0 Å². The predicted molar refractivity (Wildman–Crippen MR) is 99.0 cm³/mol. The molecule has 3 heterocycles. The summed E-state index contributed by atoms with van der Waals surface area (Å²) >= 11 is 0. The Morgan fingerprint density at radius 3 is 2.86 bits per heavy atom. The number of amides is 3. The Balaban J connectivity index is 1.34. The van der Waals surface area contributed by atoms with Crippen LogP contribution in [0.3, 0.4) is 0 Å². The van der Waals surface area contributed by atoms with Crippen molar-refractivity contribution in [1.29, 1.82) is 0 Å². The standard InChI is InChI=1S/C20H24N4O4/c21-13-6-20(7-15(13)28-10-20)22-8-11-2-1-3-12-9-24(19(27)17(11)12)14-4-5-16(25)23-18(14)26/h1-3,13-15,22H,4-10,21H2,(H,23,25,26)/t13-,14?,15-,20+/m1/s1. The van der Waals surface area contributed by atoms with Gasteiger partial charge in [0.1, 0.15) is 6.04 Å². The molecule has 1 aromatic carbocycles. The number of benzene rings is 1. The topological polar surface area (TPSA) is 114 Å². The second kappa shape index (κ2) is 6.37. The zero-order valence-electron chi connectivity index (χ0n) is 15.6. The second-order valence-electron chi connectivity index (χ2n) is 8.41. The summed E-state index contributed by atoms with van der Waals surface area (Å²) in [6.45, 7) is 1.60. The fourth-order valence-corrected chi connectivity index (χ4v) is 5.08. The van der Waals surface area contributed by atoms with Gasteiger partial charge in [-0.25, -0.2) is 0 Å². The predicted octanol–water partition coefficient (Wildman–Crippen LogP) is -0.204. The molecule has 0 aromatic heterocycles. The number of fused-ring (bicyclic) bond motifs is 3. The lowest BCUT2D eigenvalue weighted by Crippen LogP contribution is -2.52. The fourth-order valence-electron chi connectivity index (χ4n) is 5.08. The summed E-state index contributed by atoms with van der Waals surface area (Å²) in [4.78, 5) is 38.4. The number of imide groups is 1. The van der Waals surface area contributed by atoms with Crippen molar-refractivity contribution < 1.29 is 19.1 Å². The van der Waals surface area contributed by atoms with Crippen molar-refractivity contribution in [2.24, 2.45) is 5.73 Å². The van der Waals surface area contributed by atoms with E-state index in [0.29, 0.717) is 31.7 Å². The van der Waals surface area contributed by atoms with E-state index in [-0.39, 0.29) is 41.8 Å². The third-order valence-corrected chi connectivity index (χ3v) is 6.56. The van der Waals surface area contributed by atoms with Gasteiger partial charge >= 0.3 is 0 Å². The molecule has 148 valence electrons. The van der Waals surface area contributed by atoms with E-state index >= 15 is 0 Å². The average molecular weight is 384 g/mol. The van der Waals surface area contributed by atoms with Crippen LogP contribution in [0.15, 0.2) is 18.2 Å². The summed E-state index contributed by atoms with van der Waals surface area (Å²) in [5.41, 5.74) is 8.54. The van der Waals surface area contributed by atoms with Crippen LogP contribution in [0.2, 0.25) is 0 Å². The Morgan fingerprint density at radius 2 is 2.14 bits per heavy atom. The lowest BCUT2D eigenvalue weighted by molar-refractivity contribution is -0.136. The lowest BCUT2D eigenvalue weighted by Gasteiger charge is -2.30. The van der Waals surface area contributed by atoms with Crippen molar-refractivity contribution in [3.63, 3.8) is 0 Å². The zero-order valence-corrected chi connectivity index (χ0v) is 15.6.